The number of nitrogens with zero attached hydrogens (tertiary/aromatic N) is 1. The number of hydrogen-bond acceptors (Lipinski definition) is 5. The molecule has 0 unspecified atom stereocenters. The van der Waals surface area contributed by atoms with Crippen molar-refractivity contribution in [2.45, 2.75) is 6.92 Å². The fourth-order valence-electron chi connectivity index (χ4n) is 3.33. The topological polar surface area (TPSA) is 92.8 Å². The predicted molar refractivity (Wildman–Crippen MR) is 119 cm³/mol. The van der Waals surface area contributed by atoms with Crippen LogP contribution >= 0.6 is 11.6 Å². The normalized spacial score (nSPS) is 12.5. The van der Waals surface area contributed by atoms with E-state index in [1.807, 2.05) is 0 Å². The van der Waals surface area contributed by atoms with Gasteiger partial charge >= 0.3 is 5.97 Å². The van der Waals surface area contributed by atoms with Crippen LogP contribution in [0.3, 0.4) is 0 Å². The number of aryl methyl sites for hydroxylation is 1. The first-order chi connectivity index (χ1) is 15.3. The van der Waals surface area contributed by atoms with Crippen molar-refractivity contribution in [1.29, 1.82) is 0 Å². The molecule has 3 aromatic rings. The van der Waals surface area contributed by atoms with Crippen LogP contribution in [0.15, 0.2) is 66.7 Å². The Kier molecular flexibility index (Phi) is 5.75. The Morgan fingerprint density at radius 3 is 2.28 bits per heavy atom. The molecule has 0 saturated heterocycles. The average molecular weight is 449 g/mol. The third kappa shape index (κ3) is 4.10. The minimum atomic E-state index is -0.758. The van der Waals surface area contributed by atoms with E-state index < -0.39 is 30.3 Å². The maximum atomic E-state index is 12.7. The fourth-order valence-corrected chi connectivity index (χ4v) is 3.45. The molecule has 8 heteroatoms. The average Bonchev–Trinajstić information content (AvgIpc) is 3.05. The zero-order valence-electron chi connectivity index (χ0n) is 16.9. The van der Waals surface area contributed by atoms with Crippen LogP contribution < -0.4 is 10.2 Å². The number of amides is 3. The van der Waals surface area contributed by atoms with E-state index >= 15 is 0 Å². The summed E-state index contributed by atoms with van der Waals surface area (Å²) in [4.78, 5) is 50.9. The lowest BCUT2D eigenvalue weighted by Gasteiger charge is -2.15. The van der Waals surface area contributed by atoms with Crippen molar-refractivity contribution in [2.75, 3.05) is 16.8 Å². The van der Waals surface area contributed by atoms with Crippen LogP contribution in [0.4, 0.5) is 11.4 Å². The van der Waals surface area contributed by atoms with Crippen LogP contribution in [0.1, 0.15) is 36.6 Å². The highest BCUT2D eigenvalue weighted by Gasteiger charge is 2.36. The molecule has 0 aromatic heterocycles. The first-order valence-electron chi connectivity index (χ1n) is 9.66. The molecule has 0 fully saturated rings. The lowest BCUT2D eigenvalue weighted by atomic mass is 10.1. The third-order valence-electron chi connectivity index (χ3n) is 4.91. The van der Waals surface area contributed by atoms with E-state index in [-0.39, 0.29) is 11.3 Å². The standard InChI is InChI=1S/C24H17ClN2O5/c1-14-11-16(9-10-20(14)25)26-21(28)13-32-24(31)15-5-4-6-17(12-15)27-22(29)18-7-2-3-8-19(18)23(27)30/h2-12H,13H2,1H3,(H,26,28). The number of fused-ring (bicyclic) bond motifs is 1. The molecule has 1 heterocycles. The fraction of sp³-hybridized carbons (Fsp3) is 0.0833. The van der Waals surface area contributed by atoms with Crippen molar-refractivity contribution in [2.24, 2.45) is 0 Å². The number of esters is 1. The lowest BCUT2D eigenvalue weighted by Crippen LogP contribution is -2.29. The monoisotopic (exact) mass is 448 g/mol. The van der Waals surface area contributed by atoms with E-state index in [0.29, 0.717) is 21.8 Å². The predicted octanol–water partition coefficient (Wildman–Crippen LogP) is 4.24. The first kappa shape index (κ1) is 21.3. The van der Waals surface area contributed by atoms with Crippen molar-refractivity contribution in [3.63, 3.8) is 0 Å². The molecule has 0 spiro atoms. The zero-order valence-corrected chi connectivity index (χ0v) is 17.7. The second-order valence-electron chi connectivity index (χ2n) is 7.13. The Hall–Kier alpha value is -3.97. The van der Waals surface area contributed by atoms with Gasteiger partial charge in [-0.05, 0) is 61.0 Å². The molecule has 1 N–H and O–H groups in total. The number of anilines is 2. The minimum absolute atomic E-state index is 0.106. The molecule has 4 rings (SSSR count). The second kappa shape index (κ2) is 8.64. The maximum absolute atomic E-state index is 12.7. The summed E-state index contributed by atoms with van der Waals surface area (Å²) in [6.07, 6.45) is 0. The molecule has 0 atom stereocenters. The number of halogens is 1. The lowest BCUT2D eigenvalue weighted by molar-refractivity contribution is -0.119. The Bertz CT molecular complexity index is 1240. The molecule has 160 valence electrons. The maximum Gasteiger partial charge on any atom is 0.338 e. The van der Waals surface area contributed by atoms with E-state index in [1.54, 1.807) is 55.5 Å². The second-order valence-corrected chi connectivity index (χ2v) is 7.54. The Balaban J connectivity index is 1.43. The van der Waals surface area contributed by atoms with Gasteiger partial charge in [-0.1, -0.05) is 29.8 Å². The van der Waals surface area contributed by atoms with Gasteiger partial charge in [0.05, 0.1) is 22.4 Å². The summed E-state index contributed by atoms with van der Waals surface area (Å²) in [6.45, 7) is 1.30. The van der Waals surface area contributed by atoms with Crippen molar-refractivity contribution >= 4 is 46.7 Å². The van der Waals surface area contributed by atoms with Gasteiger partial charge in [0.25, 0.3) is 17.7 Å². The van der Waals surface area contributed by atoms with Crippen LogP contribution in [0.5, 0.6) is 0 Å². The molecule has 0 radical (unpaired) electrons. The summed E-state index contributed by atoms with van der Waals surface area (Å²) in [5.74, 6) is -2.20. The van der Waals surface area contributed by atoms with Crippen LogP contribution in [0.25, 0.3) is 0 Å². The summed E-state index contributed by atoms with van der Waals surface area (Å²) >= 11 is 5.96. The van der Waals surface area contributed by atoms with Gasteiger partial charge in [-0.15, -0.1) is 0 Å². The summed E-state index contributed by atoms with van der Waals surface area (Å²) in [5.41, 5.74) is 2.28. The molecular weight excluding hydrogens is 432 g/mol. The van der Waals surface area contributed by atoms with Crippen molar-refractivity contribution < 1.29 is 23.9 Å². The van der Waals surface area contributed by atoms with Gasteiger partial charge in [0.1, 0.15) is 0 Å². The smallest absolute Gasteiger partial charge is 0.338 e. The molecule has 32 heavy (non-hydrogen) atoms. The number of imide groups is 1. The van der Waals surface area contributed by atoms with E-state index in [1.165, 1.54) is 18.2 Å². The molecule has 3 amide bonds. The van der Waals surface area contributed by atoms with Crippen LogP contribution in [0.2, 0.25) is 5.02 Å². The summed E-state index contributed by atoms with van der Waals surface area (Å²) < 4.78 is 5.08. The molecular formula is C24H17ClN2O5. The third-order valence-corrected chi connectivity index (χ3v) is 5.33. The molecule has 0 bridgehead atoms. The van der Waals surface area contributed by atoms with Crippen molar-refractivity contribution in [3.05, 3.63) is 94.0 Å². The van der Waals surface area contributed by atoms with Gasteiger partial charge in [0, 0.05) is 10.7 Å². The minimum Gasteiger partial charge on any atom is -0.452 e. The van der Waals surface area contributed by atoms with E-state index in [4.69, 9.17) is 16.3 Å². The Morgan fingerprint density at radius 1 is 0.938 bits per heavy atom. The first-order valence-corrected chi connectivity index (χ1v) is 10.0. The van der Waals surface area contributed by atoms with Crippen LogP contribution in [-0.2, 0) is 9.53 Å². The van der Waals surface area contributed by atoms with Gasteiger partial charge in [-0.3, -0.25) is 14.4 Å². The van der Waals surface area contributed by atoms with Crippen LogP contribution in [-0.4, -0.2) is 30.3 Å². The number of hydrogen-bond donors (Lipinski definition) is 1. The van der Waals surface area contributed by atoms with Gasteiger partial charge in [0.15, 0.2) is 6.61 Å². The van der Waals surface area contributed by atoms with Crippen LogP contribution in [0, 0.1) is 6.92 Å². The number of benzene rings is 3. The molecule has 0 saturated carbocycles. The number of carbonyl (C=O) groups excluding carboxylic acids is 4. The molecule has 3 aromatic carbocycles. The van der Waals surface area contributed by atoms with Gasteiger partial charge < -0.3 is 10.1 Å². The summed E-state index contributed by atoms with van der Waals surface area (Å²) in [6, 6.07) is 17.4. The number of carbonyl (C=O) groups is 4. The molecule has 7 nitrogen and oxygen atoms in total. The zero-order chi connectivity index (χ0) is 22.8. The molecule has 1 aliphatic rings. The Morgan fingerprint density at radius 2 is 1.62 bits per heavy atom. The Labute approximate surface area is 188 Å². The van der Waals surface area contributed by atoms with E-state index in [0.717, 1.165) is 10.5 Å². The summed E-state index contributed by atoms with van der Waals surface area (Å²) in [5, 5.41) is 3.20. The van der Waals surface area contributed by atoms with E-state index in [9.17, 15) is 19.2 Å². The van der Waals surface area contributed by atoms with Crippen molar-refractivity contribution in [3.8, 4) is 0 Å². The van der Waals surface area contributed by atoms with E-state index in [2.05, 4.69) is 5.32 Å². The SMILES string of the molecule is Cc1cc(NC(=O)COC(=O)c2cccc(N3C(=O)c4ccccc4C3=O)c2)ccc1Cl. The molecule has 1 aliphatic heterocycles. The van der Waals surface area contributed by atoms with Gasteiger partial charge in [0.2, 0.25) is 0 Å². The van der Waals surface area contributed by atoms with Crippen molar-refractivity contribution in [1.82, 2.24) is 0 Å². The quantitative estimate of drug-likeness (QED) is 0.465. The highest BCUT2D eigenvalue weighted by atomic mass is 35.5. The van der Waals surface area contributed by atoms with Gasteiger partial charge in [-0.25, -0.2) is 9.69 Å². The number of nitrogens with one attached hydrogen (secondary N) is 1. The largest absolute Gasteiger partial charge is 0.452 e. The molecule has 0 aliphatic carbocycles. The highest BCUT2D eigenvalue weighted by molar-refractivity contribution is 6.34. The number of ether oxygens (including phenoxy) is 1. The van der Waals surface area contributed by atoms with Gasteiger partial charge in [-0.2, -0.15) is 0 Å². The number of rotatable bonds is 5. The highest BCUT2D eigenvalue weighted by Crippen LogP contribution is 2.29. The summed E-state index contributed by atoms with van der Waals surface area (Å²) in [7, 11) is 0.